The number of carbonyl (C=O) groups is 1. The summed E-state index contributed by atoms with van der Waals surface area (Å²) < 4.78 is 14.9. The van der Waals surface area contributed by atoms with Crippen molar-refractivity contribution in [3.63, 3.8) is 0 Å². The van der Waals surface area contributed by atoms with E-state index in [1.165, 1.54) is 11.0 Å². The van der Waals surface area contributed by atoms with Gasteiger partial charge in [-0.2, -0.15) is 0 Å². The van der Waals surface area contributed by atoms with Crippen molar-refractivity contribution in [2.45, 2.75) is 45.6 Å². The number of aliphatic imine (C=N–C) groups is 1. The first-order valence-electron chi connectivity index (χ1n) is 9.41. The first-order valence-corrected chi connectivity index (χ1v) is 9.41. The number of pyridine rings is 1. The summed E-state index contributed by atoms with van der Waals surface area (Å²) in [5.74, 6) is -0.306. The van der Waals surface area contributed by atoms with Gasteiger partial charge in [-0.25, -0.2) is 9.38 Å². The van der Waals surface area contributed by atoms with E-state index in [4.69, 9.17) is 5.73 Å². The number of benzene rings is 1. The largest absolute Gasteiger partial charge is 0.369 e. The molecular weight excluding hydrogens is 355 g/mol. The molecule has 0 spiro atoms. The average molecular weight is 382 g/mol. The van der Waals surface area contributed by atoms with Crippen LogP contribution >= 0.6 is 0 Å². The van der Waals surface area contributed by atoms with Crippen molar-refractivity contribution in [3.8, 4) is 0 Å². The van der Waals surface area contributed by atoms with Gasteiger partial charge in [-0.05, 0) is 51.0 Å². The van der Waals surface area contributed by atoms with Crippen molar-refractivity contribution < 1.29 is 9.18 Å². The second-order valence-electron chi connectivity index (χ2n) is 8.21. The van der Waals surface area contributed by atoms with E-state index in [1.54, 1.807) is 40.1 Å². The van der Waals surface area contributed by atoms with E-state index >= 15 is 0 Å². The first kappa shape index (κ1) is 20.0. The molecule has 2 heterocycles. The monoisotopic (exact) mass is 382 g/mol. The quantitative estimate of drug-likeness (QED) is 0.878. The zero-order chi connectivity index (χ0) is 20.7. The lowest BCUT2D eigenvalue weighted by Gasteiger charge is -2.46. The summed E-state index contributed by atoms with van der Waals surface area (Å²) in [6, 6.07) is 10.9. The zero-order valence-electron chi connectivity index (χ0n) is 17.0. The lowest BCUT2D eigenvalue weighted by Crippen LogP contribution is -2.58. The Labute approximate surface area is 165 Å². The molecule has 0 saturated heterocycles. The van der Waals surface area contributed by atoms with Gasteiger partial charge in [0.2, 0.25) is 5.91 Å². The molecule has 0 fully saturated rings. The molecule has 2 atom stereocenters. The molecule has 1 aliphatic rings. The minimum atomic E-state index is -1.10. The summed E-state index contributed by atoms with van der Waals surface area (Å²) in [4.78, 5) is 23.1. The standard InChI is InChI=1S/C22H27FN4O/c1-14(18-8-6-7-11-25-18)12-15-9-10-17(23)16(13-15)22(4)21(2,3)19(28)27(5)20(24)26-22/h6-11,13-14H,12H2,1-5H3,(H2,24,26)/t14?,22-/m1/s1. The number of amides is 1. The Bertz CT molecular complexity index is 925. The molecule has 3 rings (SSSR count). The predicted molar refractivity (Wildman–Crippen MR) is 108 cm³/mol. The van der Waals surface area contributed by atoms with Gasteiger partial charge < -0.3 is 5.73 Å². The van der Waals surface area contributed by atoms with E-state index in [9.17, 15) is 9.18 Å². The van der Waals surface area contributed by atoms with Crippen LogP contribution in [0.25, 0.3) is 0 Å². The molecule has 1 amide bonds. The summed E-state index contributed by atoms with van der Waals surface area (Å²) in [6.45, 7) is 7.43. The molecule has 0 aliphatic carbocycles. The second-order valence-corrected chi connectivity index (χ2v) is 8.21. The summed E-state index contributed by atoms with van der Waals surface area (Å²) in [7, 11) is 1.59. The average Bonchev–Trinajstić information content (AvgIpc) is 2.67. The number of aromatic nitrogens is 1. The molecule has 28 heavy (non-hydrogen) atoms. The fraction of sp³-hybridized carbons (Fsp3) is 0.409. The highest BCUT2D eigenvalue weighted by Crippen LogP contribution is 2.47. The van der Waals surface area contributed by atoms with Crippen LogP contribution in [0.3, 0.4) is 0 Å². The number of carbonyl (C=O) groups excluding carboxylic acids is 1. The highest BCUT2D eigenvalue weighted by Gasteiger charge is 2.53. The third-order valence-electron chi connectivity index (χ3n) is 6.03. The lowest BCUT2D eigenvalue weighted by molar-refractivity contribution is -0.140. The molecule has 2 aromatic rings. The number of hydrogen-bond acceptors (Lipinski definition) is 4. The van der Waals surface area contributed by atoms with Crippen molar-refractivity contribution >= 4 is 11.9 Å². The maximum Gasteiger partial charge on any atom is 0.237 e. The van der Waals surface area contributed by atoms with Crippen LogP contribution in [0.4, 0.5) is 4.39 Å². The molecule has 1 aromatic heterocycles. The zero-order valence-corrected chi connectivity index (χ0v) is 17.0. The maximum absolute atomic E-state index is 14.9. The van der Waals surface area contributed by atoms with Gasteiger partial charge in [0.05, 0.1) is 5.41 Å². The molecule has 148 valence electrons. The molecule has 0 radical (unpaired) electrons. The highest BCUT2D eigenvalue weighted by atomic mass is 19.1. The fourth-order valence-corrected chi connectivity index (χ4v) is 3.77. The van der Waals surface area contributed by atoms with E-state index in [1.807, 2.05) is 24.3 Å². The van der Waals surface area contributed by atoms with E-state index in [2.05, 4.69) is 16.9 Å². The highest BCUT2D eigenvalue weighted by molar-refractivity contribution is 6.01. The Morgan fingerprint density at radius 2 is 1.93 bits per heavy atom. The van der Waals surface area contributed by atoms with Gasteiger partial charge in [-0.1, -0.05) is 25.1 Å². The normalized spacial score (nSPS) is 22.7. The number of halogens is 1. The summed E-state index contributed by atoms with van der Waals surface area (Å²) in [6.07, 6.45) is 2.47. The Balaban J connectivity index is 2.03. The van der Waals surface area contributed by atoms with E-state index in [-0.39, 0.29) is 17.8 Å². The maximum atomic E-state index is 14.9. The van der Waals surface area contributed by atoms with Gasteiger partial charge in [0.25, 0.3) is 0 Å². The molecule has 0 saturated carbocycles. The second kappa shape index (κ2) is 7.00. The van der Waals surface area contributed by atoms with Crippen molar-refractivity contribution in [2.75, 3.05) is 7.05 Å². The number of rotatable bonds is 4. The molecule has 6 heteroatoms. The van der Waals surface area contributed by atoms with Crippen LogP contribution in [0.2, 0.25) is 0 Å². The Hall–Kier alpha value is -2.76. The van der Waals surface area contributed by atoms with Gasteiger partial charge in [-0.15, -0.1) is 0 Å². The van der Waals surface area contributed by atoms with Crippen molar-refractivity contribution in [3.05, 3.63) is 65.2 Å². The fourth-order valence-electron chi connectivity index (χ4n) is 3.77. The molecular formula is C22H27FN4O. The Morgan fingerprint density at radius 3 is 2.57 bits per heavy atom. The van der Waals surface area contributed by atoms with Gasteiger partial charge in [-0.3, -0.25) is 14.7 Å². The number of nitrogens with zero attached hydrogens (tertiary/aromatic N) is 3. The summed E-state index contributed by atoms with van der Waals surface area (Å²) in [5.41, 5.74) is 6.25. The topological polar surface area (TPSA) is 71.6 Å². The molecule has 5 nitrogen and oxygen atoms in total. The van der Waals surface area contributed by atoms with Crippen LogP contribution in [0, 0.1) is 11.2 Å². The van der Waals surface area contributed by atoms with E-state index < -0.39 is 16.8 Å². The smallest absolute Gasteiger partial charge is 0.237 e. The summed E-state index contributed by atoms with van der Waals surface area (Å²) >= 11 is 0. The van der Waals surface area contributed by atoms with Crippen LogP contribution in [0.5, 0.6) is 0 Å². The van der Waals surface area contributed by atoms with Crippen LogP contribution in [-0.2, 0) is 16.8 Å². The van der Waals surface area contributed by atoms with Gasteiger partial charge in [0, 0.05) is 30.4 Å². The van der Waals surface area contributed by atoms with Crippen LogP contribution in [-0.4, -0.2) is 28.8 Å². The number of nitrogens with two attached hydrogens (primary N) is 1. The molecule has 1 aliphatic heterocycles. The SMILES string of the molecule is CC(Cc1ccc(F)c([C@@]2(C)N=C(N)N(C)C(=O)C2(C)C)c1)c1ccccn1. The minimum Gasteiger partial charge on any atom is -0.369 e. The number of guanidine groups is 1. The molecule has 1 aromatic carbocycles. The minimum absolute atomic E-state index is 0.0958. The summed E-state index contributed by atoms with van der Waals surface area (Å²) in [5, 5.41) is 0. The van der Waals surface area contributed by atoms with Gasteiger partial charge in [0.15, 0.2) is 5.96 Å². The van der Waals surface area contributed by atoms with E-state index in [0.29, 0.717) is 12.0 Å². The van der Waals surface area contributed by atoms with Gasteiger partial charge >= 0.3 is 0 Å². The van der Waals surface area contributed by atoms with Crippen LogP contribution < -0.4 is 5.73 Å². The van der Waals surface area contributed by atoms with E-state index in [0.717, 1.165) is 11.3 Å². The predicted octanol–water partition coefficient (Wildman–Crippen LogP) is 3.60. The third-order valence-corrected chi connectivity index (χ3v) is 6.03. The Morgan fingerprint density at radius 1 is 1.21 bits per heavy atom. The van der Waals surface area contributed by atoms with Crippen molar-refractivity contribution in [2.24, 2.45) is 16.1 Å². The van der Waals surface area contributed by atoms with Gasteiger partial charge in [0.1, 0.15) is 11.4 Å². The van der Waals surface area contributed by atoms with Crippen molar-refractivity contribution in [1.82, 2.24) is 9.88 Å². The number of hydrogen-bond donors (Lipinski definition) is 1. The van der Waals surface area contributed by atoms with Crippen LogP contribution in [0.15, 0.2) is 47.6 Å². The van der Waals surface area contributed by atoms with Crippen LogP contribution in [0.1, 0.15) is 50.4 Å². The Kier molecular flexibility index (Phi) is 5.00. The van der Waals surface area contributed by atoms with Crippen molar-refractivity contribution in [1.29, 1.82) is 0 Å². The molecule has 2 N–H and O–H groups in total. The molecule has 1 unspecified atom stereocenters. The third kappa shape index (κ3) is 3.17. The molecule has 0 bridgehead atoms. The first-order chi connectivity index (χ1) is 13.1. The lowest BCUT2D eigenvalue weighted by atomic mass is 9.67.